The van der Waals surface area contributed by atoms with E-state index in [0.717, 1.165) is 16.6 Å². The number of amides is 1. The maximum atomic E-state index is 13.2. The van der Waals surface area contributed by atoms with Crippen molar-refractivity contribution in [3.63, 3.8) is 0 Å². The van der Waals surface area contributed by atoms with E-state index < -0.39 is 17.7 Å². The number of pyridine rings is 1. The molecule has 3 aromatic rings. The highest BCUT2D eigenvalue weighted by Crippen LogP contribution is 2.40. The number of aliphatic hydroxyl groups is 1. The molecule has 0 bridgehead atoms. The first kappa shape index (κ1) is 22.2. The fourth-order valence-corrected chi connectivity index (χ4v) is 4.45. The van der Waals surface area contributed by atoms with Crippen molar-refractivity contribution in [2.45, 2.75) is 19.4 Å². The Hall–Kier alpha value is -2.97. The van der Waals surface area contributed by atoms with Gasteiger partial charge in [0.25, 0.3) is 11.7 Å². The van der Waals surface area contributed by atoms with E-state index >= 15 is 0 Å². The summed E-state index contributed by atoms with van der Waals surface area (Å²) in [4.78, 5) is 34.3. The van der Waals surface area contributed by atoms with Gasteiger partial charge in [0.15, 0.2) is 5.76 Å². The summed E-state index contributed by atoms with van der Waals surface area (Å²) in [6.45, 7) is 2.97. The number of aryl methyl sites for hydroxylation is 1. The van der Waals surface area contributed by atoms with E-state index in [-0.39, 0.29) is 11.3 Å². The molecule has 0 radical (unpaired) electrons. The Morgan fingerprint density at radius 3 is 2.56 bits per heavy atom. The molecule has 4 rings (SSSR count). The standard InChI is InChI=1S/C24H25BrN4O3/c1-15-20(28-13-5-4-7-18(28)26-15)22(30)19-21(16-8-10-17(25)11-9-16)29(24(32)23(19)31)14-6-12-27(2)3/h4-5,7-11,13,21,30H,6,12,14H2,1-3H3/b22-19-. The van der Waals surface area contributed by atoms with Crippen molar-refractivity contribution >= 4 is 39.0 Å². The largest absolute Gasteiger partial charge is 0.505 e. The van der Waals surface area contributed by atoms with Crippen molar-refractivity contribution in [3.05, 3.63) is 75.7 Å². The van der Waals surface area contributed by atoms with Crippen LogP contribution >= 0.6 is 15.9 Å². The van der Waals surface area contributed by atoms with Gasteiger partial charge in [-0.2, -0.15) is 0 Å². The SMILES string of the molecule is Cc1nc2ccccn2c1/C(O)=C1/C(=O)C(=O)N(CCCN(C)C)C1c1ccc(Br)cc1. The predicted molar refractivity (Wildman–Crippen MR) is 126 cm³/mol. The number of carbonyl (C=O) groups excluding carboxylic acids is 2. The number of Topliss-reactive ketones (excluding diaryl/α,β-unsaturated/α-hetero) is 1. The van der Waals surface area contributed by atoms with Crippen LogP contribution in [0.3, 0.4) is 0 Å². The second-order valence-corrected chi connectivity index (χ2v) is 9.09. The molecular formula is C24H25BrN4O3. The molecule has 166 valence electrons. The first-order valence-corrected chi connectivity index (χ1v) is 11.2. The minimum absolute atomic E-state index is 0.0935. The van der Waals surface area contributed by atoms with Gasteiger partial charge in [-0.25, -0.2) is 4.98 Å². The number of carbonyl (C=O) groups is 2. The van der Waals surface area contributed by atoms with Gasteiger partial charge in [0.05, 0.1) is 17.3 Å². The van der Waals surface area contributed by atoms with Crippen LogP contribution in [0.5, 0.6) is 0 Å². The number of benzene rings is 1. The third-order valence-electron chi connectivity index (χ3n) is 5.66. The van der Waals surface area contributed by atoms with Gasteiger partial charge in [-0.3, -0.25) is 14.0 Å². The molecule has 1 fully saturated rings. The lowest BCUT2D eigenvalue weighted by Gasteiger charge is -2.26. The molecule has 0 spiro atoms. The lowest BCUT2D eigenvalue weighted by atomic mass is 9.96. The zero-order valence-electron chi connectivity index (χ0n) is 18.2. The van der Waals surface area contributed by atoms with Gasteiger partial charge in [-0.15, -0.1) is 0 Å². The first-order chi connectivity index (χ1) is 15.3. The van der Waals surface area contributed by atoms with E-state index in [1.165, 1.54) is 0 Å². The van der Waals surface area contributed by atoms with Gasteiger partial charge in [0, 0.05) is 17.2 Å². The summed E-state index contributed by atoms with van der Waals surface area (Å²) in [5, 5.41) is 11.4. The van der Waals surface area contributed by atoms with Gasteiger partial charge in [-0.1, -0.05) is 34.1 Å². The van der Waals surface area contributed by atoms with E-state index in [1.807, 2.05) is 61.5 Å². The van der Waals surface area contributed by atoms with Crippen LogP contribution in [0, 0.1) is 6.92 Å². The highest BCUT2D eigenvalue weighted by Gasteiger charge is 2.46. The predicted octanol–water partition coefficient (Wildman–Crippen LogP) is 3.78. The minimum Gasteiger partial charge on any atom is -0.505 e. The number of hydrogen-bond donors (Lipinski definition) is 1. The molecule has 1 aromatic carbocycles. The number of imidazole rings is 1. The number of hydrogen-bond acceptors (Lipinski definition) is 5. The molecule has 1 saturated heterocycles. The fourth-order valence-electron chi connectivity index (χ4n) is 4.19. The molecule has 3 heterocycles. The zero-order chi connectivity index (χ0) is 23.0. The number of fused-ring (bicyclic) bond motifs is 1. The van der Waals surface area contributed by atoms with Crippen LogP contribution in [0.15, 0.2) is 58.7 Å². The van der Waals surface area contributed by atoms with Crippen LogP contribution in [0.2, 0.25) is 0 Å². The molecule has 1 unspecified atom stereocenters. The Labute approximate surface area is 195 Å². The minimum atomic E-state index is -0.675. The van der Waals surface area contributed by atoms with Crippen LogP contribution in [-0.4, -0.2) is 63.2 Å². The Bertz CT molecular complexity index is 1210. The molecule has 1 N–H and O–H groups in total. The Morgan fingerprint density at radius 1 is 1.16 bits per heavy atom. The number of halogens is 1. The zero-order valence-corrected chi connectivity index (χ0v) is 19.8. The topological polar surface area (TPSA) is 78.1 Å². The van der Waals surface area contributed by atoms with Crippen LogP contribution in [0.25, 0.3) is 11.4 Å². The lowest BCUT2D eigenvalue weighted by molar-refractivity contribution is -0.139. The third kappa shape index (κ3) is 3.96. The molecule has 2 aromatic heterocycles. The van der Waals surface area contributed by atoms with Crippen molar-refractivity contribution in [2.24, 2.45) is 0 Å². The molecule has 0 saturated carbocycles. The summed E-state index contributed by atoms with van der Waals surface area (Å²) in [7, 11) is 3.93. The number of aromatic nitrogens is 2. The molecule has 1 amide bonds. The Morgan fingerprint density at radius 2 is 1.88 bits per heavy atom. The van der Waals surface area contributed by atoms with E-state index in [4.69, 9.17) is 0 Å². The summed E-state index contributed by atoms with van der Waals surface area (Å²) < 4.78 is 2.63. The molecular weight excluding hydrogens is 472 g/mol. The smallest absolute Gasteiger partial charge is 0.295 e. The van der Waals surface area contributed by atoms with Crippen LogP contribution < -0.4 is 0 Å². The summed E-state index contributed by atoms with van der Waals surface area (Å²) in [6.07, 6.45) is 2.49. The van der Waals surface area contributed by atoms with E-state index in [9.17, 15) is 14.7 Å². The summed E-state index contributed by atoms with van der Waals surface area (Å²) in [6, 6.07) is 12.3. The molecule has 32 heavy (non-hydrogen) atoms. The van der Waals surface area contributed by atoms with E-state index in [0.29, 0.717) is 30.0 Å². The van der Waals surface area contributed by atoms with Crippen LogP contribution in [-0.2, 0) is 9.59 Å². The average Bonchev–Trinajstić information content (AvgIpc) is 3.22. The second kappa shape index (κ2) is 8.88. The molecule has 8 heteroatoms. The van der Waals surface area contributed by atoms with Gasteiger partial charge >= 0.3 is 0 Å². The van der Waals surface area contributed by atoms with Gasteiger partial charge in [-0.05, 0) is 63.8 Å². The number of likely N-dealkylation sites (tertiary alicyclic amines) is 1. The average molecular weight is 497 g/mol. The van der Waals surface area contributed by atoms with Gasteiger partial charge in [0.2, 0.25) is 0 Å². The normalized spacial score (nSPS) is 18.3. The maximum Gasteiger partial charge on any atom is 0.295 e. The van der Waals surface area contributed by atoms with Crippen molar-refractivity contribution in [1.82, 2.24) is 19.2 Å². The Kier molecular flexibility index (Phi) is 6.17. The van der Waals surface area contributed by atoms with E-state index in [1.54, 1.807) is 22.4 Å². The number of aliphatic hydroxyl groups excluding tert-OH is 1. The maximum absolute atomic E-state index is 13.2. The molecule has 1 aliphatic heterocycles. The molecule has 1 aliphatic rings. The van der Waals surface area contributed by atoms with Crippen molar-refractivity contribution in [2.75, 3.05) is 27.2 Å². The summed E-state index contributed by atoms with van der Waals surface area (Å²) >= 11 is 3.44. The number of rotatable bonds is 6. The third-order valence-corrected chi connectivity index (χ3v) is 6.19. The van der Waals surface area contributed by atoms with Crippen molar-refractivity contribution in [3.8, 4) is 0 Å². The monoisotopic (exact) mass is 496 g/mol. The van der Waals surface area contributed by atoms with Crippen molar-refractivity contribution in [1.29, 1.82) is 0 Å². The quantitative estimate of drug-likeness (QED) is 0.319. The van der Waals surface area contributed by atoms with Crippen LogP contribution in [0.1, 0.15) is 29.4 Å². The number of nitrogens with zero attached hydrogens (tertiary/aromatic N) is 4. The lowest BCUT2D eigenvalue weighted by Crippen LogP contribution is -2.32. The highest BCUT2D eigenvalue weighted by atomic mass is 79.9. The van der Waals surface area contributed by atoms with Gasteiger partial charge in [0.1, 0.15) is 11.3 Å². The highest BCUT2D eigenvalue weighted by molar-refractivity contribution is 9.10. The molecule has 0 aliphatic carbocycles. The van der Waals surface area contributed by atoms with Crippen LogP contribution in [0.4, 0.5) is 0 Å². The van der Waals surface area contributed by atoms with E-state index in [2.05, 4.69) is 20.9 Å². The second-order valence-electron chi connectivity index (χ2n) is 8.18. The molecule has 7 nitrogen and oxygen atoms in total. The van der Waals surface area contributed by atoms with Crippen molar-refractivity contribution < 1.29 is 14.7 Å². The first-order valence-electron chi connectivity index (χ1n) is 10.4. The summed E-state index contributed by atoms with van der Waals surface area (Å²) in [5.41, 5.74) is 2.53. The van der Waals surface area contributed by atoms with Gasteiger partial charge < -0.3 is 14.9 Å². The molecule has 1 atom stereocenters. The fraction of sp³-hybridized carbons (Fsp3) is 0.292. The Balaban J connectivity index is 1.87. The number of ketones is 1. The summed E-state index contributed by atoms with van der Waals surface area (Å²) in [5.74, 6) is -1.47.